The zero-order chi connectivity index (χ0) is 15.2. The molecule has 0 amide bonds. The molecule has 2 aromatic carbocycles. The lowest BCUT2D eigenvalue weighted by atomic mass is 10.0. The Balaban J connectivity index is 2.12. The summed E-state index contributed by atoms with van der Waals surface area (Å²) in [6, 6.07) is 13.4. The highest BCUT2D eigenvalue weighted by Crippen LogP contribution is 2.21. The molecule has 0 aliphatic rings. The van der Waals surface area contributed by atoms with Gasteiger partial charge in [-0.3, -0.25) is 4.79 Å². The number of carboxylic acid groups (broad SMARTS) is 1. The Morgan fingerprint density at radius 3 is 2.05 bits per heavy atom. The molecular weight excluding hydrogens is 274 g/mol. The first-order chi connectivity index (χ1) is 10.1. The first kappa shape index (κ1) is 14.7. The molecule has 6 nitrogen and oxygen atoms in total. The summed E-state index contributed by atoms with van der Waals surface area (Å²) in [6.45, 7) is 0. The molecule has 0 aliphatic carbocycles. The summed E-state index contributed by atoms with van der Waals surface area (Å²) in [5.41, 5.74) is 1.63. The number of carbonyl (C=O) groups is 2. The molecule has 3 N–H and O–H groups in total. The van der Waals surface area contributed by atoms with Crippen molar-refractivity contribution in [3.63, 3.8) is 0 Å². The quantitative estimate of drug-likeness (QED) is 0.428. The third-order valence-corrected chi connectivity index (χ3v) is 2.76. The van der Waals surface area contributed by atoms with Crippen molar-refractivity contribution in [1.82, 2.24) is 5.48 Å². The molecule has 0 saturated carbocycles. The maximum Gasteiger partial charge on any atom is 0.331 e. The van der Waals surface area contributed by atoms with Gasteiger partial charge in [0.1, 0.15) is 11.5 Å². The number of hydrogen-bond acceptors (Lipinski definition) is 5. The fourth-order valence-corrected chi connectivity index (χ4v) is 1.70. The maximum atomic E-state index is 11.8. The van der Waals surface area contributed by atoms with Crippen LogP contribution in [0.1, 0.15) is 10.4 Å². The number of carbonyl (C=O) groups excluding carboxylic acids is 1. The minimum atomic E-state index is -1.69. The van der Waals surface area contributed by atoms with Gasteiger partial charge in [0.05, 0.1) is 0 Å². The number of ketones is 1. The first-order valence-corrected chi connectivity index (χ1v) is 6.11. The van der Waals surface area contributed by atoms with E-state index >= 15 is 0 Å². The lowest BCUT2D eigenvalue weighted by Gasteiger charge is -2.10. The molecule has 0 fully saturated rings. The van der Waals surface area contributed by atoms with Gasteiger partial charge in [-0.15, -0.1) is 0 Å². The van der Waals surface area contributed by atoms with Crippen molar-refractivity contribution in [3.8, 4) is 11.5 Å². The molecule has 0 spiro atoms. The second kappa shape index (κ2) is 6.65. The van der Waals surface area contributed by atoms with E-state index in [9.17, 15) is 9.59 Å². The second-order valence-corrected chi connectivity index (χ2v) is 4.20. The van der Waals surface area contributed by atoms with Crippen LogP contribution in [0.5, 0.6) is 11.5 Å². The van der Waals surface area contributed by atoms with Crippen molar-refractivity contribution < 1.29 is 24.6 Å². The minimum Gasteiger partial charge on any atom is -0.480 e. The Labute approximate surface area is 120 Å². The Hall–Kier alpha value is -2.70. The number of carboxylic acids is 1. The van der Waals surface area contributed by atoms with Gasteiger partial charge in [0.2, 0.25) is 0 Å². The topological polar surface area (TPSA) is 95.9 Å². The minimum absolute atomic E-state index is 0.157. The van der Waals surface area contributed by atoms with Crippen LogP contribution >= 0.6 is 0 Å². The van der Waals surface area contributed by atoms with Crippen LogP contribution in [0, 0.1) is 0 Å². The van der Waals surface area contributed by atoms with E-state index in [1.54, 1.807) is 24.3 Å². The van der Waals surface area contributed by atoms with Crippen LogP contribution in [0.3, 0.4) is 0 Å². The maximum absolute atomic E-state index is 11.8. The standard InChI is InChI=1S/C15H13NO5/c17-14(13(16-20)15(18)19)10-6-8-12(9-7-10)21-11-4-2-1-3-5-11/h1-9,13,16,20H,(H,18,19). The smallest absolute Gasteiger partial charge is 0.331 e. The number of rotatable bonds is 6. The Bertz CT molecular complexity index is 624. The van der Waals surface area contributed by atoms with Crippen molar-refractivity contribution >= 4 is 11.8 Å². The highest BCUT2D eigenvalue weighted by molar-refractivity contribution is 6.11. The number of hydroxylamine groups is 1. The number of para-hydroxylation sites is 1. The van der Waals surface area contributed by atoms with Crippen LogP contribution in [-0.4, -0.2) is 28.1 Å². The van der Waals surface area contributed by atoms with E-state index in [1.807, 2.05) is 18.2 Å². The summed E-state index contributed by atoms with van der Waals surface area (Å²) in [4.78, 5) is 22.6. The number of nitrogens with one attached hydrogen (secondary N) is 1. The molecule has 108 valence electrons. The van der Waals surface area contributed by atoms with Gasteiger partial charge < -0.3 is 15.1 Å². The largest absolute Gasteiger partial charge is 0.480 e. The summed E-state index contributed by atoms with van der Waals surface area (Å²) >= 11 is 0. The second-order valence-electron chi connectivity index (χ2n) is 4.20. The Kier molecular flexibility index (Phi) is 4.65. The number of Topliss-reactive ketones (excluding diaryl/α,β-unsaturated/α-hetero) is 1. The molecule has 6 heteroatoms. The van der Waals surface area contributed by atoms with Crippen molar-refractivity contribution in [3.05, 3.63) is 60.2 Å². The first-order valence-electron chi connectivity index (χ1n) is 6.11. The predicted molar refractivity (Wildman–Crippen MR) is 73.6 cm³/mol. The van der Waals surface area contributed by atoms with Gasteiger partial charge in [-0.05, 0) is 36.4 Å². The third kappa shape index (κ3) is 3.65. The molecule has 2 aromatic rings. The lowest BCUT2D eigenvalue weighted by molar-refractivity contribution is -0.140. The van der Waals surface area contributed by atoms with E-state index in [2.05, 4.69) is 0 Å². The van der Waals surface area contributed by atoms with Gasteiger partial charge in [0.15, 0.2) is 11.8 Å². The van der Waals surface area contributed by atoms with Crippen molar-refractivity contribution in [2.75, 3.05) is 0 Å². The molecule has 21 heavy (non-hydrogen) atoms. The molecule has 1 unspecified atom stereocenters. The molecule has 0 saturated heterocycles. The molecule has 0 bridgehead atoms. The van der Waals surface area contributed by atoms with E-state index in [4.69, 9.17) is 15.1 Å². The molecule has 0 aromatic heterocycles. The van der Waals surface area contributed by atoms with Crippen LogP contribution in [0.4, 0.5) is 0 Å². The molecule has 1 atom stereocenters. The molecule has 0 heterocycles. The van der Waals surface area contributed by atoms with Gasteiger partial charge in [0.25, 0.3) is 0 Å². The normalized spacial score (nSPS) is 11.7. The summed E-state index contributed by atoms with van der Waals surface area (Å²) in [5, 5.41) is 17.5. The van der Waals surface area contributed by atoms with Crippen molar-refractivity contribution in [1.29, 1.82) is 0 Å². The number of benzene rings is 2. The van der Waals surface area contributed by atoms with Crippen LogP contribution < -0.4 is 10.2 Å². The summed E-state index contributed by atoms with van der Waals surface area (Å²) < 4.78 is 5.55. The number of ether oxygens (including phenoxy) is 1. The predicted octanol–water partition coefficient (Wildman–Crippen LogP) is 2.09. The zero-order valence-electron chi connectivity index (χ0n) is 10.9. The summed E-state index contributed by atoms with van der Waals surface area (Å²) in [7, 11) is 0. The Morgan fingerprint density at radius 1 is 0.952 bits per heavy atom. The average Bonchev–Trinajstić information content (AvgIpc) is 2.49. The average molecular weight is 287 g/mol. The molecular formula is C15H13NO5. The monoisotopic (exact) mass is 287 g/mol. The molecule has 2 rings (SSSR count). The Morgan fingerprint density at radius 2 is 1.52 bits per heavy atom. The van der Waals surface area contributed by atoms with E-state index < -0.39 is 17.8 Å². The van der Waals surface area contributed by atoms with E-state index in [0.29, 0.717) is 11.5 Å². The molecule has 0 radical (unpaired) electrons. The van der Waals surface area contributed by atoms with E-state index in [0.717, 1.165) is 0 Å². The third-order valence-electron chi connectivity index (χ3n) is 2.76. The van der Waals surface area contributed by atoms with Crippen molar-refractivity contribution in [2.24, 2.45) is 0 Å². The van der Waals surface area contributed by atoms with Gasteiger partial charge in [-0.1, -0.05) is 18.2 Å². The molecule has 0 aliphatic heterocycles. The zero-order valence-corrected chi connectivity index (χ0v) is 10.9. The highest BCUT2D eigenvalue weighted by atomic mass is 16.5. The van der Waals surface area contributed by atoms with E-state index in [1.165, 1.54) is 17.6 Å². The van der Waals surface area contributed by atoms with Gasteiger partial charge >= 0.3 is 5.97 Å². The van der Waals surface area contributed by atoms with Crippen LogP contribution in [0.25, 0.3) is 0 Å². The fraction of sp³-hybridized carbons (Fsp3) is 0.0667. The van der Waals surface area contributed by atoms with Crippen LogP contribution in [-0.2, 0) is 4.79 Å². The van der Waals surface area contributed by atoms with Gasteiger partial charge in [-0.2, -0.15) is 5.48 Å². The van der Waals surface area contributed by atoms with E-state index in [-0.39, 0.29) is 5.56 Å². The van der Waals surface area contributed by atoms with Gasteiger partial charge in [-0.25, -0.2) is 4.79 Å². The SMILES string of the molecule is O=C(O)C(NO)C(=O)c1ccc(Oc2ccccc2)cc1. The van der Waals surface area contributed by atoms with Crippen LogP contribution in [0.15, 0.2) is 54.6 Å². The number of hydrogen-bond donors (Lipinski definition) is 3. The lowest BCUT2D eigenvalue weighted by Crippen LogP contribution is -2.41. The van der Waals surface area contributed by atoms with Gasteiger partial charge in [0, 0.05) is 5.56 Å². The highest BCUT2D eigenvalue weighted by Gasteiger charge is 2.26. The fourth-order valence-electron chi connectivity index (χ4n) is 1.70. The van der Waals surface area contributed by atoms with Crippen LogP contribution in [0.2, 0.25) is 0 Å². The summed E-state index contributed by atoms with van der Waals surface area (Å²) in [5.74, 6) is -1.03. The summed E-state index contributed by atoms with van der Waals surface area (Å²) in [6.07, 6.45) is 0. The number of aliphatic carboxylic acids is 1. The van der Waals surface area contributed by atoms with Crippen molar-refractivity contribution in [2.45, 2.75) is 6.04 Å².